The fraction of sp³-hybridized carbons (Fsp3) is 0.0435. The Bertz CT molecular complexity index is 1510. The summed E-state index contributed by atoms with van der Waals surface area (Å²) in [7, 11) is 0. The normalized spacial score (nSPS) is 13.3. The molecule has 0 saturated heterocycles. The van der Waals surface area contributed by atoms with Gasteiger partial charge < -0.3 is 0 Å². The highest BCUT2D eigenvalue weighted by molar-refractivity contribution is 6.28. The first-order chi connectivity index (χ1) is 15.9. The second-order valence-electron chi connectivity index (χ2n) is 7.34. The number of amides is 2. The van der Waals surface area contributed by atoms with E-state index in [4.69, 9.17) is 0 Å². The fourth-order valence-corrected chi connectivity index (χ4v) is 3.80. The van der Waals surface area contributed by atoms with Crippen molar-refractivity contribution in [2.75, 3.05) is 4.90 Å². The van der Waals surface area contributed by atoms with Crippen LogP contribution < -0.4 is 10.6 Å². The summed E-state index contributed by atoms with van der Waals surface area (Å²) in [6.07, 6.45) is 3.98. The van der Waals surface area contributed by atoms with E-state index in [0.29, 0.717) is 22.5 Å². The van der Waals surface area contributed by atoms with Crippen LogP contribution in [0.2, 0.25) is 0 Å². The lowest BCUT2D eigenvalue weighted by Crippen LogP contribution is -2.29. The first-order valence-corrected chi connectivity index (χ1v) is 9.90. The van der Waals surface area contributed by atoms with Crippen LogP contribution in [0.5, 0.6) is 0 Å². The molecular formula is C23H15N5O5. The number of aromatic nitrogens is 3. The first kappa shape index (κ1) is 20.1. The highest BCUT2D eigenvalue weighted by Gasteiger charge is 2.25. The van der Waals surface area contributed by atoms with Crippen molar-refractivity contribution in [2.45, 2.75) is 6.54 Å². The highest BCUT2D eigenvalue weighted by Crippen LogP contribution is 2.22. The van der Waals surface area contributed by atoms with E-state index in [1.165, 1.54) is 39.5 Å². The number of non-ortho nitro benzene ring substituents is 1. The van der Waals surface area contributed by atoms with Crippen LogP contribution >= 0.6 is 0 Å². The number of imidazole rings is 1. The van der Waals surface area contributed by atoms with Gasteiger partial charge >= 0.3 is 5.69 Å². The van der Waals surface area contributed by atoms with E-state index in [-0.39, 0.29) is 12.2 Å². The van der Waals surface area contributed by atoms with Gasteiger partial charge in [-0.15, -0.1) is 0 Å². The highest BCUT2D eigenvalue weighted by atomic mass is 16.6. The van der Waals surface area contributed by atoms with Crippen LogP contribution in [0.3, 0.4) is 0 Å². The molecule has 10 nitrogen and oxygen atoms in total. The van der Waals surface area contributed by atoms with Gasteiger partial charge in [-0.2, -0.15) is 0 Å². The SMILES string of the molecule is O=C1C=CC(=O)N1c1ccc(Cn2c(=O)n(-c3cccc([N+](=O)[O-])c3)c3ncccc32)cc1. The van der Waals surface area contributed by atoms with Gasteiger partial charge in [-0.05, 0) is 35.9 Å². The second-order valence-corrected chi connectivity index (χ2v) is 7.34. The van der Waals surface area contributed by atoms with Gasteiger partial charge in [0.2, 0.25) is 0 Å². The Kier molecular flexibility index (Phi) is 4.67. The van der Waals surface area contributed by atoms with Gasteiger partial charge in [0.1, 0.15) is 0 Å². The Hall–Kier alpha value is -4.86. The number of anilines is 1. The number of benzene rings is 2. The molecule has 0 fully saturated rings. The maximum Gasteiger partial charge on any atom is 0.335 e. The molecule has 162 valence electrons. The van der Waals surface area contributed by atoms with E-state index < -0.39 is 22.4 Å². The Morgan fingerprint density at radius 2 is 1.61 bits per heavy atom. The monoisotopic (exact) mass is 441 g/mol. The summed E-state index contributed by atoms with van der Waals surface area (Å²) in [5.74, 6) is -0.815. The van der Waals surface area contributed by atoms with Crippen LogP contribution in [0.15, 0.2) is 83.8 Å². The standard InChI is InChI=1S/C23H15N5O5/c29-20-10-11-21(30)26(20)16-8-6-15(7-9-16)14-25-19-5-2-12-24-22(19)27(23(25)31)17-3-1-4-18(13-17)28(32)33/h1-13H,14H2. The Morgan fingerprint density at radius 3 is 2.30 bits per heavy atom. The molecule has 0 unspecified atom stereocenters. The lowest BCUT2D eigenvalue weighted by atomic mass is 10.2. The van der Waals surface area contributed by atoms with E-state index in [0.717, 1.165) is 10.5 Å². The minimum atomic E-state index is -0.520. The van der Waals surface area contributed by atoms with E-state index in [1.54, 1.807) is 48.7 Å². The molecule has 2 aromatic carbocycles. The van der Waals surface area contributed by atoms with E-state index >= 15 is 0 Å². The van der Waals surface area contributed by atoms with Crippen molar-refractivity contribution in [3.63, 3.8) is 0 Å². The largest absolute Gasteiger partial charge is 0.335 e. The number of pyridine rings is 1. The van der Waals surface area contributed by atoms with Crippen molar-refractivity contribution in [3.8, 4) is 5.69 Å². The molecule has 0 bridgehead atoms. The summed E-state index contributed by atoms with van der Waals surface area (Å²) in [6.45, 7) is 0.198. The number of rotatable bonds is 5. The maximum absolute atomic E-state index is 13.3. The average Bonchev–Trinajstić information content (AvgIpc) is 3.30. The van der Waals surface area contributed by atoms with Gasteiger partial charge in [0.15, 0.2) is 5.65 Å². The van der Waals surface area contributed by atoms with Crippen LogP contribution in [0.4, 0.5) is 11.4 Å². The number of nitro benzene ring substituents is 1. The molecule has 2 aromatic heterocycles. The van der Waals surface area contributed by atoms with Crippen LogP contribution in [0, 0.1) is 10.1 Å². The van der Waals surface area contributed by atoms with Crippen LogP contribution in [-0.2, 0) is 16.1 Å². The quantitative estimate of drug-likeness (QED) is 0.267. The number of fused-ring (bicyclic) bond motifs is 1. The van der Waals surface area contributed by atoms with Gasteiger partial charge in [0.25, 0.3) is 17.5 Å². The molecule has 0 spiro atoms. The van der Waals surface area contributed by atoms with Gasteiger partial charge in [0, 0.05) is 30.5 Å². The molecule has 0 atom stereocenters. The number of carbonyl (C=O) groups is 2. The number of nitro groups is 1. The maximum atomic E-state index is 13.3. The Balaban J connectivity index is 1.55. The molecule has 2 amide bonds. The fourth-order valence-electron chi connectivity index (χ4n) is 3.80. The molecule has 10 heteroatoms. The van der Waals surface area contributed by atoms with Crippen LogP contribution in [-0.4, -0.2) is 30.9 Å². The Morgan fingerprint density at radius 1 is 0.879 bits per heavy atom. The third-order valence-corrected chi connectivity index (χ3v) is 5.33. The summed E-state index contributed by atoms with van der Waals surface area (Å²) in [6, 6.07) is 16.0. The van der Waals surface area contributed by atoms with Gasteiger partial charge in [-0.25, -0.2) is 19.2 Å². The molecule has 0 aliphatic carbocycles. The lowest BCUT2D eigenvalue weighted by Gasteiger charge is -2.14. The van der Waals surface area contributed by atoms with Crippen molar-refractivity contribution in [2.24, 2.45) is 0 Å². The predicted octanol–water partition coefficient (Wildman–Crippen LogP) is 2.57. The van der Waals surface area contributed by atoms with Crippen molar-refractivity contribution in [1.82, 2.24) is 14.1 Å². The summed E-state index contributed by atoms with van der Waals surface area (Å²) in [4.78, 5) is 53.2. The summed E-state index contributed by atoms with van der Waals surface area (Å²) < 4.78 is 2.85. The van der Waals surface area contributed by atoms with Crippen molar-refractivity contribution < 1.29 is 14.5 Å². The third-order valence-electron chi connectivity index (χ3n) is 5.33. The zero-order valence-electron chi connectivity index (χ0n) is 17.0. The van der Waals surface area contributed by atoms with Crippen molar-refractivity contribution >= 4 is 34.4 Å². The molecule has 0 saturated carbocycles. The van der Waals surface area contributed by atoms with Crippen LogP contribution in [0.25, 0.3) is 16.9 Å². The topological polar surface area (TPSA) is 120 Å². The minimum Gasteiger partial charge on any atom is -0.286 e. The third kappa shape index (κ3) is 3.39. The van der Waals surface area contributed by atoms with Gasteiger partial charge in [0.05, 0.1) is 28.4 Å². The number of hydrogen-bond donors (Lipinski definition) is 0. The first-order valence-electron chi connectivity index (χ1n) is 9.90. The van der Waals surface area contributed by atoms with Gasteiger partial charge in [-0.1, -0.05) is 18.2 Å². The lowest BCUT2D eigenvalue weighted by molar-refractivity contribution is -0.384. The molecule has 0 radical (unpaired) electrons. The number of imide groups is 1. The molecular weight excluding hydrogens is 426 g/mol. The molecule has 0 N–H and O–H groups in total. The van der Waals surface area contributed by atoms with Gasteiger partial charge in [-0.3, -0.25) is 24.3 Å². The number of carbonyl (C=O) groups excluding carboxylic acids is 2. The predicted molar refractivity (Wildman–Crippen MR) is 119 cm³/mol. The van der Waals surface area contributed by atoms with E-state index in [9.17, 15) is 24.5 Å². The van der Waals surface area contributed by atoms with Crippen molar-refractivity contribution in [3.05, 3.63) is 105 Å². The summed E-state index contributed by atoms with van der Waals surface area (Å²) in [5, 5.41) is 11.2. The second kappa shape index (κ2) is 7.68. The van der Waals surface area contributed by atoms with Crippen LogP contribution in [0.1, 0.15) is 5.56 Å². The number of nitrogens with zero attached hydrogens (tertiary/aromatic N) is 5. The molecule has 3 heterocycles. The minimum absolute atomic E-state index is 0.132. The zero-order chi connectivity index (χ0) is 23.1. The van der Waals surface area contributed by atoms with Crippen molar-refractivity contribution in [1.29, 1.82) is 0 Å². The molecule has 4 aromatic rings. The van der Waals surface area contributed by atoms with E-state index in [1.807, 2.05) is 0 Å². The molecule has 5 rings (SSSR count). The Labute approximate surface area is 185 Å². The average molecular weight is 441 g/mol. The summed E-state index contributed by atoms with van der Waals surface area (Å²) in [5.41, 5.74) is 1.94. The molecule has 33 heavy (non-hydrogen) atoms. The summed E-state index contributed by atoms with van der Waals surface area (Å²) >= 11 is 0. The van der Waals surface area contributed by atoms with E-state index in [2.05, 4.69) is 4.98 Å². The molecule has 1 aliphatic heterocycles. The smallest absolute Gasteiger partial charge is 0.286 e. The number of hydrogen-bond acceptors (Lipinski definition) is 6. The zero-order valence-corrected chi connectivity index (χ0v) is 17.0. The molecule has 1 aliphatic rings.